The Morgan fingerprint density at radius 1 is 0.815 bits per heavy atom. The van der Waals surface area contributed by atoms with Crippen LogP contribution in [0.4, 0.5) is 10.1 Å². The summed E-state index contributed by atoms with van der Waals surface area (Å²) in [5, 5.41) is 2.00. The predicted octanol–water partition coefficient (Wildman–Crippen LogP) is 7.18. The van der Waals surface area contributed by atoms with Crippen LogP contribution in [-0.4, -0.2) is 5.71 Å². The number of nitrogens with zero attached hydrogens (tertiary/aromatic N) is 1. The molecule has 0 aliphatic heterocycles. The Morgan fingerprint density at radius 2 is 1.44 bits per heavy atom. The summed E-state index contributed by atoms with van der Waals surface area (Å²) >= 11 is 1.55. The van der Waals surface area contributed by atoms with Crippen molar-refractivity contribution < 1.29 is 4.39 Å². The molecule has 0 radical (unpaired) electrons. The minimum atomic E-state index is -0.222. The molecule has 0 N–H and O–H groups in total. The van der Waals surface area contributed by atoms with E-state index in [0.717, 1.165) is 21.9 Å². The summed E-state index contributed by atoms with van der Waals surface area (Å²) in [4.78, 5) is 5.84. The van der Waals surface area contributed by atoms with Gasteiger partial charge in [-0.2, -0.15) is 0 Å². The van der Waals surface area contributed by atoms with Crippen LogP contribution >= 0.6 is 11.8 Å². The average Bonchev–Trinajstić information content (AvgIpc) is 2.63. The average molecular weight is 376 g/mol. The number of benzene rings is 3. The highest BCUT2D eigenvalue weighted by atomic mass is 32.2. The second-order valence-electron chi connectivity index (χ2n) is 6.58. The molecule has 1 nitrogen and oxygen atoms in total. The van der Waals surface area contributed by atoms with Crippen molar-refractivity contribution in [1.82, 2.24) is 0 Å². The zero-order valence-corrected chi connectivity index (χ0v) is 16.6. The summed E-state index contributed by atoms with van der Waals surface area (Å²) in [5.41, 5.74) is 6.54. The number of thioether (sulfide) groups is 1. The molecule has 0 amide bonds. The van der Waals surface area contributed by atoms with Crippen molar-refractivity contribution in [2.75, 3.05) is 0 Å². The van der Waals surface area contributed by atoms with Crippen LogP contribution in [0.3, 0.4) is 0 Å². The smallest absolute Gasteiger partial charge is 0.123 e. The van der Waals surface area contributed by atoms with Crippen LogP contribution in [0.25, 0.3) is 0 Å². The highest BCUT2D eigenvalue weighted by molar-refractivity contribution is 8.02. The normalized spacial score (nSPS) is 11.9. The molecular formula is C24H22FNS. The second-order valence-corrected chi connectivity index (χ2v) is 7.56. The lowest BCUT2D eigenvalue weighted by molar-refractivity contribution is 0.626. The van der Waals surface area contributed by atoms with E-state index < -0.39 is 0 Å². The lowest BCUT2D eigenvalue weighted by atomic mass is 10.0. The fraction of sp³-hybridized carbons (Fsp3) is 0.125. The highest BCUT2D eigenvalue weighted by Crippen LogP contribution is 2.22. The van der Waals surface area contributed by atoms with Crippen LogP contribution in [0.2, 0.25) is 0 Å². The first kappa shape index (κ1) is 19.1. The third kappa shape index (κ3) is 5.66. The molecule has 0 saturated carbocycles. The van der Waals surface area contributed by atoms with Crippen LogP contribution in [0.5, 0.6) is 0 Å². The van der Waals surface area contributed by atoms with Crippen molar-refractivity contribution in [1.29, 1.82) is 0 Å². The van der Waals surface area contributed by atoms with Gasteiger partial charge in [-0.15, -0.1) is 0 Å². The van der Waals surface area contributed by atoms with Crippen LogP contribution < -0.4 is 0 Å². The summed E-state index contributed by atoms with van der Waals surface area (Å²) in [5.74, 6) is -0.222. The SMILES string of the molecule is Cc1ccc(N=C(/C=C/Sc2ccc(F)cc2)c2cc(C)cc(C)c2)cc1. The molecule has 0 bridgehead atoms. The Hall–Kier alpha value is -2.65. The van der Waals surface area contributed by atoms with E-state index in [4.69, 9.17) is 4.99 Å². The molecule has 136 valence electrons. The maximum absolute atomic E-state index is 13.1. The molecule has 0 aromatic heterocycles. The topological polar surface area (TPSA) is 12.4 Å². The van der Waals surface area contributed by atoms with E-state index in [-0.39, 0.29) is 5.82 Å². The summed E-state index contributed by atoms with van der Waals surface area (Å²) in [6.07, 6.45) is 2.02. The Labute approximate surface area is 164 Å². The van der Waals surface area contributed by atoms with Crippen LogP contribution in [-0.2, 0) is 0 Å². The van der Waals surface area contributed by atoms with Crippen molar-refractivity contribution >= 4 is 23.2 Å². The van der Waals surface area contributed by atoms with E-state index >= 15 is 0 Å². The molecule has 0 heterocycles. The number of hydrogen-bond acceptors (Lipinski definition) is 2. The summed E-state index contributed by atoms with van der Waals surface area (Å²) in [6, 6.07) is 21.1. The van der Waals surface area contributed by atoms with Gasteiger partial charge in [0.25, 0.3) is 0 Å². The van der Waals surface area contributed by atoms with Gasteiger partial charge < -0.3 is 0 Å². The van der Waals surface area contributed by atoms with Crippen LogP contribution in [0.1, 0.15) is 22.3 Å². The van der Waals surface area contributed by atoms with Crippen molar-refractivity contribution in [3.63, 3.8) is 0 Å². The number of hydrogen-bond donors (Lipinski definition) is 0. The van der Waals surface area contributed by atoms with Gasteiger partial charge in [-0.05, 0) is 80.8 Å². The quantitative estimate of drug-likeness (QED) is 0.340. The molecule has 3 heteroatoms. The number of allylic oxidation sites excluding steroid dienone is 1. The Morgan fingerprint density at radius 3 is 2.07 bits per heavy atom. The number of halogens is 1. The fourth-order valence-electron chi connectivity index (χ4n) is 2.77. The largest absolute Gasteiger partial charge is 0.248 e. The predicted molar refractivity (Wildman–Crippen MR) is 115 cm³/mol. The lowest BCUT2D eigenvalue weighted by Gasteiger charge is -2.06. The number of rotatable bonds is 5. The standard InChI is InChI=1S/C24H22FNS/c1-17-4-8-22(9-5-17)26-24(20-15-18(2)14-19(3)16-20)12-13-27-23-10-6-21(25)7-11-23/h4-16H,1-3H3/b13-12+,26-24?. The van der Waals surface area contributed by atoms with Gasteiger partial charge in [-0.3, -0.25) is 0 Å². The Balaban J connectivity index is 1.92. The minimum absolute atomic E-state index is 0.222. The van der Waals surface area contributed by atoms with Gasteiger partial charge in [0.2, 0.25) is 0 Å². The zero-order chi connectivity index (χ0) is 19.2. The summed E-state index contributed by atoms with van der Waals surface area (Å²) in [7, 11) is 0. The van der Waals surface area contributed by atoms with Crippen molar-refractivity contribution in [2.45, 2.75) is 25.7 Å². The molecule has 0 aliphatic carbocycles. The lowest BCUT2D eigenvalue weighted by Crippen LogP contribution is -1.98. The van der Waals surface area contributed by atoms with Gasteiger partial charge in [0.1, 0.15) is 5.82 Å². The molecule has 0 aliphatic rings. The van der Waals surface area contributed by atoms with E-state index in [2.05, 4.69) is 51.1 Å². The molecule has 0 saturated heterocycles. The van der Waals surface area contributed by atoms with Gasteiger partial charge in [0, 0.05) is 10.5 Å². The first-order chi connectivity index (χ1) is 13.0. The third-order valence-electron chi connectivity index (χ3n) is 4.04. The van der Waals surface area contributed by atoms with Crippen molar-refractivity contribution in [3.05, 3.63) is 106 Å². The van der Waals surface area contributed by atoms with Gasteiger partial charge in [-0.25, -0.2) is 9.38 Å². The molecule has 3 aromatic carbocycles. The first-order valence-corrected chi connectivity index (χ1v) is 9.70. The monoisotopic (exact) mass is 375 g/mol. The Bertz CT molecular complexity index is 950. The van der Waals surface area contributed by atoms with Crippen LogP contribution in [0, 0.1) is 26.6 Å². The molecule has 27 heavy (non-hydrogen) atoms. The molecule has 0 fully saturated rings. The Kier molecular flexibility index (Phi) is 6.25. The van der Waals surface area contributed by atoms with Gasteiger partial charge >= 0.3 is 0 Å². The van der Waals surface area contributed by atoms with E-state index in [9.17, 15) is 4.39 Å². The zero-order valence-electron chi connectivity index (χ0n) is 15.7. The molecule has 0 unspecified atom stereocenters. The minimum Gasteiger partial charge on any atom is -0.248 e. The molecular weight excluding hydrogens is 353 g/mol. The summed E-state index contributed by atoms with van der Waals surface area (Å²) in [6.45, 7) is 6.26. The van der Waals surface area contributed by atoms with Crippen molar-refractivity contribution in [2.24, 2.45) is 4.99 Å². The second kappa shape index (κ2) is 8.83. The maximum Gasteiger partial charge on any atom is 0.123 e. The van der Waals surface area contributed by atoms with Crippen molar-refractivity contribution in [3.8, 4) is 0 Å². The highest BCUT2D eigenvalue weighted by Gasteiger charge is 2.03. The fourth-order valence-corrected chi connectivity index (χ4v) is 3.42. The van der Waals surface area contributed by atoms with E-state index in [0.29, 0.717) is 0 Å². The van der Waals surface area contributed by atoms with E-state index in [1.807, 2.05) is 23.6 Å². The molecule has 0 spiro atoms. The molecule has 3 rings (SSSR count). The number of aryl methyl sites for hydroxylation is 3. The van der Waals surface area contributed by atoms with Gasteiger partial charge in [-0.1, -0.05) is 46.7 Å². The first-order valence-electron chi connectivity index (χ1n) is 8.82. The van der Waals surface area contributed by atoms with Gasteiger partial charge in [0.05, 0.1) is 11.4 Å². The van der Waals surface area contributed by atoms with E-state index in [1.54, 1.807) is 23.9 Å². The number of aliphatic imine (C=N–C) groups is 1. The van der Waals surface area contributed by atoms with Crippen LogP contribution in [0.15, 0.2) is 88.1 Å². The molecule has 3 aromatic rings. The molecule has 0 atom stereocenters. The van der Waals surface area contributed by atoms with E-state index in [1.165, 1.54) is 28.8 Å². The maximum atomic E-state index is 13.1. The van der Waals surface area contributed by atoms with Gasteiger partial charge in [0.15, 0.2) is 0 Å². The summed E-state index contributed by atoms with van der Waals surface area (Å²) < 4.78 is 13.1. The third-order valence-corrected chi connectivity index (χ3v) is 4.86.